The van der Waals surface area contributed by atoms with E-state index in [2.05, 4.69) is 20.9 Å². The molecule has 7 nitrogen and oxygen atoms in total. The zero-order valence-electron chi connectivity index (χ0n) is 17.1. The molecular formula is C20H32ClIN4O3. The van der Waals surface area contributed by atoms with Gasteiger partial charge in [0.05, 0.1) is 23.9 Å². The molecule has 1 unspecified atom stereocenters. The van der Waals surface area contributed by atoms with Crippen molar-refractivity contribution in [2.24, 2.45) is 10.9 Å². The summed E-state index contributed by atoms with van der Waals surface area (Å²) in [5.74, 6) is 1.12. The summed E-state index contributed by atoms with van der Waals surface area (Å²) in [6.45, 7) is 6.34. The van der Waals surface area contributed by atoms with E-state index in [0.29, 0.717) is 42.2 Å². The Kier molecular flexibility index (Phi) is 13.2. The van der Waals surface area contributed by atoms with Gasteiger partial charge in [0.25, 0.3) is 0 Å². The van der Waals surface area contributed by atoms with Crippen LogP contribution in [0.2, 0.25) is 5.02 Å². The van der Waals surface area contributed by atoms with Crippen molar-refractivity contribution in [2.75, 3.05) is 51.9 Å². The fraction of sp³-hybridized carbons (Fsp3) is 0.600. The molecule has 1 amide bonds. The predicted octanol–water partition coefficient (Wildman–Crippen LogP) is 3.20. The number of carbonyl (C=O) groups excluding carboxylic acids is 1. The first-order valence-electron chi connectivity index (χ1n) is 9.74. The fourth-order valence-corrected chi connectivity index (χ4v) is 3.08. The van der Waals surface area contributed by atoms with Gasteiger partial charge in [-0.3, -0.25) is 9.79 Å². The van der Waals surface area contributed by atoms with E-state index in [1.807, 2.05) is 25.1 Å². The van der Waals surface area contributed by atoms with E-state index in [4.69, 9.17) is 21.1 Å². The van der Waals surface area contributed by atoms with Crippen molar-refractivity contribution in [1.82, 2.24) is 10.6 Å². The summed E-state index contributed by atoms with van der Waals surface area (Å²) in [5.41, 5.74) is 1.68. The summed E-state index contributed by atoms with van der Waals surface area (Å²) in [6.07, 6.45) is 2.30. The van der Waals surface area contributed by atoms with Gasteiger partial charge in [-0.1, -0.05) is 17.7 Å². The van der Waals surface area contributed by atoms with Crippen molar-refractivity contribution in [3.63, 3.8) is 0 Å². The molecule has 1 aliphatic heterocycles. The minimum Gasteiger partial charge on any atom is -0.381 e. The zero-order valence-corrected chi connectivity index (χ0v) is 20.2. The molecule has 0 aromatic heterocycles. The average molecular weight is 539 g/mol. The van der Waals surface area contributed by atoms with Crippen LogP contribution in [-0.2, 0) is 14.3 Å². The second-order valence-electron chi connectivity index (χ2n) is 6.87. The zero-order chi connectivity index (χ0) is 20.2. The number of amides is 1. The van der Waals surface area contributed by atoms with E-state index >= 15 is 0 Å². The lowest BCUT2D eigenvalue weighted by atomic mass is 10.1. The molecule has 1 aromatic rings. The second kappa shape index (κ2) is 14.8. The number of carbonyl (C=O) groups is 1. The van der Waals surface area contributed by atoms with E-state index in [0.717, 1.165) is 44.8 Å². The number of guanidine groups is 1. The first-order valence-corrected chi connectivity index (χ1v) is 10.1. The lowest BCUT2D eigenvalue weighted by Gasteiger charge is -2.13. The molecule has 1 atom stereocenters. The van der Waals surface area contributed by atoms with Crippen LogP contribution >= 0.6 is 35.6 Å². The molecule has 0 bridgehead atoms. The Hall–Kier alpha value is -1.10. The van der Waals surface area contributed by atoms with Gasteiger partial charge in [-0.15, -0.1) is 24.0 Å². The number of nitrogens with one attached hydrogen (secondary N) is 3. The summed E-state index contributed by atoms with van der Waals surface area (Å²) >= 11 is 6.13. The van der Waals surface area contributed by atoms with Crippen molar-refractivity contribution < 1.29 is 14.3 Å². The summed E-state index contributed by atoms with van der Waals surface area (Å²) in [7, 11) is 1.71. The second-order valence-corrected chi connectivity index (χ2v) is 7.27. The van der Waals surface area contributed by atoms with Crippen LogP contribution < -0.4 is 16.0 Å². The third kappa shape index (κ3) is 10.5. The maximum absolute atomic E-state index is 12.1. The molecule has 1 aromatic carbocycles. The Bertz CT molecular complexity index is 655. The lowest BCUT2D eigenvalue weighted by Crippen LogP contribution is -2.39. The van der Waals surface area contributed by atoms with Gasteiger partial charge in [0.2, 0.25) is 5.91 Å². The van der Waals surface area contributed by atoms with Gasteiger partial charge >= 0.3 is 0 Å². The number of anilines is 1. The smallest absolute Gasteiger partial charge is 0.226 e. The van der Waals surface area contributed by atoms with Crippen LogP contribution in [0.1, 0.15) is 24.8 Å². The lowest BCUT2D eigenvalue weighted by molar-refractivity contribution is -0.116. The standard InChI is InChI=1S/C20H31ClN4O3.HI/c1-15-4-5-18(17(21)12-15)25-19(26)6-9-24-20(22-2)23-8-3-10-27-13-16-7-11-28-14-16;/h4-5,12,16H,3,6-11,13-14H2,1-2H3,(H,25,26)(H2,22,23,24);1H. The van der Waals surface area contributed by atoms with Crippen LogP contribution in [0.4, 0.5) is 5.69 Å². The maximum atomic E-state index is 12.1. The SMILES string of the molecule is CN=C(NCCCOCC1CCOC1)NCCC(=O)Nc1ccc(C)cc1Cl.I. The molecule has 0 saturated carbocycles. The third-order valence-corrected chi connectivity index (χ3v) is 4.71. The molecule has 9 heteroatoms. The van der Waals surface area contributed by atoms with Crippen molar-refractivity contribution in [3.05, 3.63) is 28.8 Å². The molecule has 0 spiro atoms. The number of ether oxygens (including phenoxy) is 2. The highest BCUT2D eigenvalue weighted by Crippen LogP contribution is 2.22. The quantitative estimate of drug-likeness (QED) is 0.184. The highest BCUT2D eigenvalue weighted by Gasteiger charge is 2.15. The van der Waals surface area contributed by atoms with E-state index in [1.165, 1.54) is 0 Å². The fourth-order valence-electron chi connectivity index (χ4n) is 2.80. The topological polar surface area (TPSA) is 84.0 Å². The van der Waals surface area contributed by atoms with Crippen molar-refractivity contribution in [1.29, 1.82) is 0 Å². The van der Waals surface area contributed by atoms with Crippen molar-refractivity contribution >= 4 is 53.1 Å². The number of nitrogens with zero attached hydrogens (tertiary/aromatic N) is 1. The summed E-state index contributed by atoms with van der Waals surface area (Å²) in [6, 6.07) is 5.55. The molecule has 3 N–H and O–H groups in total. The predicted molar refractivity (Wildman–Crippen MR) is 129 cm³/mol. The molecule has 1 heterocycles. The van der Waals surface area contributed by atoms with E-state index < -0.39 is 0 Å². The Morgan fingerprint density at radius 2 is 2.14 bits per heavy atom. The summed E-state index contributed by atoms with van der Waals surface area (Å²) < 4.78 is 11.0. The summed E-state index contributed by atoms with van der Waals surface area (Å²) in [5, 5.41) is 9.72. The van der Waals surface area contributed by atoms with E-state index in [9.17, 15) is 4.79 Å². The molecule has 29 heavy (non-hydrogen) atoms. The first kappa shape index (κ1) is 25.9. The number of halogens is 2. The normalized spacial score (nSPS) is 16.2. The minimum absolute atomic E-state index is 0. The van der Waals surface area contributed by atoms with Gasteiger partial charge < -0.3 is 25.4 Å². The van der Waals surface area contributed by atoms with E-state index in [1.54, 1.807) is 7.05 Å². The van der Waals surface area contributed by atoms with Crippen molar-refractivity contribution in [3.8, 4) is 0 Å². The average Bonchev–Trinajstić information content (AvgIpc) is 3.18. The number of aryl methyl sites for hydroxylation is 1. The Balaban J connectivity index is 0.00000420. The summed E-state index contributed by atoms with van der Waals surface area (Å²) in [4.78, 5) is 16.2. The van der Waals surface area contributed by atoms with E-state index in [-0.39, 0.29) is 29.9 Å². The highest BCUT2D eigenvalue weighted by atomic mass is 127. The van der Waals surface area contributed by atoms with Gasteiger partial charge in [0.1, 0.15) is 0 Å². The molecule has 164 valence electrons. The van der Waals surface area contributed by atoms with Crippen LogP contribution in [0, 0.1) is 12.8 Å². The Morgan fingerprint density at radius 3 is 2.83 bits per heavy atom. The number of hydrogen-bond donors (Lipinski definition) is 3. The molecule has 0 aliphatic carbocycles. The Labute approximate surface area is 195 Å². The van der Waals surface area contributed by atoms with Gasteiger partial charge in [0.15, 0.2) is 5.96 Å². The maximum Gasteiger partial charge on any atom is 0.226 e. The number of hydrogen-bond acceptors (Lipinski definition) is 4. The van der Waals surface area contributed by atoms with Gasteiger partial charge in [-0.05, 0) is 37.5 Å². The minimum atomic E-state index is -0.0991. The largest absolute Gasteiger partial charge is 0.381 e. The first-order chi connectivity index (χ1) is 13.6. The van der Waals surface area contributed by atoms with Crippen LogP contribution in [0.3, 0.4) is 0 Å². The number of rotatable bonds is 10. The Morgan fingerprint density at radius 1 is 1.34 bits per heavy atom. The molecular weight excluding hydrogens is 507 g/mol. The van der Waals surface area contributed by atoms with Crippen LogP contribution in [-0.4, -0.2) is 58.4 Å². The van der Waals surface area contributed by atoms with Crippen molar-refractivity contribution in [2.45, 2.75) is 26.2 Å². The molecule has 1 aliphatic rings. The third-order valence-electron chi connectivity index (χ3n) is 4.40. The molecule has 0 radical (unpaired) electrons. The highest BCUT2D eigenvalue weighted by molar-refractivity contribution is 14.0. The van der Waals surface area contributed by atoms with Crippen LogP contribution in [0.15, 0.2) is 23.2 Å². The number of benzene rings is 1. The van der Waals surface area contributed by atoms with Gasteiger partial charge in [-0.2, -0.15) is 0 Å². The molecule has 1 saturated heterocycles. The monoisotopic (exact) mass is 538 g/mol. The number of aliphatic imine (C=N–C) groups is 1. The van der Waals surface area contributed by atoms with Gasteiger partial charge in [0, 0.05) is 45.7 Å². The molecule has 1 fully saturated rings. The van der Waals surface area contributed by atoms with Crippen LogP contribution in [0.5, 0.6) is 0 Å². The van der Waals surface area contributed by atoms with Crippen LogP contribution in [0.25, 0.3) is 0 Å². The molecule has 2 rings (SSSR count). The van der Waals surface area contributed by atoms with Gasteiger partial charge in [-0.25, -0.2) is 0 Å².